The SMILES string of the molecule is CCCCCc1ccc(OCC2CCC(C)CC2)cc1. The molecule has 1 fully saturated rings. The molecular formula is C19H30O. The molecule has 112 valence electrons. The fourth-order valence-corrected chi connectivity index (χ4v) is 3.04. The summed E-state index contributed by atoms with van der Waals surface area (Å²) >= 11 is 0. The predicted octanol–water partition coefficient (Wildman–Crippen LogP) is 5.62. The summed E-state index contributed by atoms with van der Waals surface area (Å²) < 4.78 is 5.96. The lowest BCUT2D eigenvalue weighted by atomic mass is 9.83. The average Bonchev–Trinajstić information content (AvgIpc) is 2.48. The third kappa shape index (κ3) is 5.19. The fraction of sp³-hybridized carbons (Fsp3) is 0.684. The Bertz CT molecular complexity index is 360. The van der Waals surface area contributed by atoms with E-state index in [2.05, 4.69) is 38.1 Å². The van der Waals surface area contributed by atoms with Crippen molar-refractivity contribution in [3.8, 4) is 5.75 Å². The Morgan fingerprint density at radius 2 is 1.70 bits per heavy atom. The lowest BCUT2D eigenvalue weighted by Gasteiger charge is -2.26. The highest BCUT2D eigenvalue weighted by atomic mass is 16.5. The average molecular weight is 274 g/mol. The molecule has 0 saturated heterocycles. The molecule has 0 N–H and O–H groups in total. The van der Waals surface area contributed by atoms with Gasteiger partial charge in [0, 0.05) is 0 Å². The maximum atomic E-state index is 5.96. The van der Waals surface area contributed by atoms with Crippen LogP contribution in [0.1, 0.15) is 64.4 Å². The molecule has 0 radical (unpaired) electrons. The number of unbranched alkanes of at least 4 members (excludes halogenated alkanes) is 2. The van der Waals surface area contributed by atoms with Crippen LogP contribution in [-0.4, -0.2) is 6.61 Å². The van der Waals surface area contributed by atoms with Crippen LogP contribution in [0, 0.1) is 11.8 Å². The van der Waals surface area contributed by atoms with E-state index in [0.29, 0.717) is 0 Å². The van der Waals surface area contributed by atoms with Crippen LogP contribution in [0.5, 0.6) is 5.75 Å². The zero-order chi connectivity index (χ0) is 14.2. The summed E-state index contributed by atoms with van der Waals surface area (Å²) in [6.07, 6.45) is 10.6. The lowest BCUT2D eigenvalue weighted by Crippen LogP contribution is -2.18. The molecule has 0 bridgehead atoms. The lowest BCUT2D eigenvalue weighted by molar-refractivity contribution is 0.188. The highest BCUT2D eigenvalue weighted by molar-refractivity contribution is 5.27. The largest absolute Gasteiger partial charge is 0.493 e. The van der Waals surface area contributed by atoms with Gasteiger partial charge < -0.3 is 4.74 Å². The molecule has 0 amide bonds. The monoisotopic (exact) mass is 274 g/mol. The summed E-state index contributed by atoms with van der Waals surface area (Å²) in [7, 11) is 0. The van der Waals surface area contributed by atoms with Crippen LogP contribution >= 0.6 is 0 Å². The summed E-state index contributed by atoms with van der Waals surface area (Å²) in [4.78, 5) is 0. The molecule has 20 heavy (non-hydrogen) atoms. The fourth-order valence-electron chi connectivity index (χ4n) is 3.04. The van der Waals surface area contributed by atoms with E-state index in [0.717, 1.165) is 24.2 Å². The van der Waals surface area contributed by atoms with E-state index in [1.165, 1.54) is 56.9 Å². The van der Waals surface area contributed by atoms with Gasteiger partial charge in [-0.25, -0.2) is 0 Å². The van der Waals surface area contributed by atoms with Crippen LogP contribution in [0.25, 0.3) is 0 Å². The molecule has 1 heteroatoms. The van der Waals surface area contributed by atoms with Crippen LogP contribution in [0.15, 0.2) is 24.3 Å². The Kier molecular flexibility index (Phi) is 6.42. The van der Waals surface area contributed by atoms with Gasteiger partial charge in [-0.2, -0.15) is 0 Å². The van der Waals surface area contributed by atoms with E-state index in [-0.39, 0.29) is 0 Å². The standard InChI is InChI=1S/C19H30O/c1-3-4-5-6-17-11-13-19(14-12-17)20-15-18-9-7-16(2)8-10-18/h11-14,16,18H,3-10,15H2,1-2H3. The van der Waals surface area contributed by atoms with Crippen molar-refractivity contribution < 1.29 is 4.74 Å². The van der Waals surface area contributed by atoms with Crippen molar-refractivity contribution >= 4 is 0 Å². The van der Waals surface area contributed by atoms with Crippen LogP contribution in [-0.2, 0) is 6.42 Å². The topological polar surface area (TPSA) is 9.23 Å². The normalized spacial score (nSPS) is 22.7. The van der Waals surface area contributed by atoms with Gasteiger partial charge in [-0.15, -0.1) is 0 Å². The van der Waals surface area contributed by atoms with Gasteiger partial charge in [-0.1, -0.05) is 51.7 Å². The van der Waals surface area contributed by atoms with Gasteiger partial charge in [0.1, 0.15) is 5.75 Å². The number of hydrogen-bond acceptors (Lipinski definition) is 1. The van der Waals surface area contributed by atoms with Crippen LogP contribution < -0.4 is 4.74 Å². The smallest absolute Gasteiger partial charge is 0.119 e. The van der Waals surface area contributed by atoms with E-state index >= 15 is 0 Å². The van der Waals surface area contributed by atoms with Crippen LogP contribution in [0.3, 0.4) is 0 Å². The molecule has 1 aliphatic rings. The van der Waals surface area contributed by atoms with E-state index in [1.807, 2.05) is 0 Å². The first-order valence-electron chi connectivity index (χ1n) is 8.49. The molecule has 0 aliphatic heterocycles. The molecule has 0 spiro atoms. The van der Waals surface area contributed by atoms with E-state index < -0.39 is 0 Å². The molecule has 1 saturated carbocycles. The number of benzene rings is 1. The van der Waals surface area contributed by atoms with Gasteiger partial charge in [0.15, 0.2) is 0 Å². The highest BCUT2D eigenvalue weighted by Gasteiger charge is 2.18. The van der Waals surface area contributed by atoms with Crippen LogP contribution in [0.4, 0.5) is 0 Å². The van der Waals surface area contributed by atoms with Gasteiger partial charge in [0.2, 0.25) is 0 Å². The highest BCUT2D eigenvalue weighted by Crippen LogP contribution is 2.28. The van der Waals surface area contributed by atoms with Crippen molar-refractivity contribution in [3.63, 3.8) is 0 Å². The first kappa shape index (κ1) is 15.4. The van der Waals surface area contributed by atoms with Gasteiger partial charge in [0.25, 0.3) is 0 Å². The predicted molar refractivity (Wildman–Crippen MR) is 86.3 cm³/mol. The Hall–Kier alpha value is -0.980. The molecule has 2 rings (SSSR count). The van der Waals surface area contributed by atoms with Gasteiger partial charge in [-0.3, -0.25) is 0 Å². The van der Waals surface area contributed by atoms with Crippen molar-refractivity contribution in [2.24, 2.45) is 11.8 Å². The van der Waals surface area contributed by atoms with Gasteiger partial charge in [-0.05, 0) is 55.2 Å². The molecule has 0 unspecified atom stereocenters. The van der Waals surface area contributed by atoms with Gasteiger partial charge >= 0.3 is 0 Å². The maximum absolute atomic E-state index is 5.96. The van der Waals surface area contributed by atoms with Crippen molar-refractivity contribution in [1.29, 1.82) is 0 Å². The molecule has 0 heterocycles. The Labute approximate surface area is 124 Å². The van der Waals surface area contributed by atoms with Gasteiger partial charge in [0.05, 0.1) is 6.61 Å². The second kappa shape index (κ2) is 8.34. The zero-order valence-corrected chi connectivity index (χ0v) is 13.2. The molecule has 1 aromatic rings. The maximum Gasteiger partial charge on any atom is 0.119 e. The summed E-state index contributed by atoms with van der Waals surface area (Å²) in [5.74, 6) is 2.74. The second-order valence-corrected chi connectivity index (χ2v) is 6.54. The molecule has 0 atom stereocenters. The summed E-state index contributed by atoms with van der Waals surface area (Å²) in [6.45, 7) is 5.53. The van der Waals surface area contributed by atoms with Crippen molar-refractivity contribution in [3.05, 3.63) is 29.8 Å². The third-order valence-corrected chi connectivity index (χ3v) is 4.61. The third-order valence-electron chi connectivity index (χ3n) is 4.61. The quantitative estimate of drug-likeness (QED) is 0.586. The van der Waals surface area contributed by atoms with Crippen LogP contribution in [0.2, 0.25) is 0 Å². The van der Waals surface area contributed by atoms with Crippen molar-refractivity contribution in [1.82, 2.24) is 0 Å². The summed E-state index contributed by atoms with van der Waals surface area (Å²) in [6, 6.07) is 8.75. The van der Waals surface area contributed by atoms with Crippen molar-refractivity contribution in [2.45, 2.75) is 65.2 Å². The van der Waals surface area contributed by atoms with E-state index in [9.17, 15) is 0 Å². The minimum atomic E-state index is 0.774. The molecule has 0 aromatic heterocycles. The molecule has 1 aromatic carbocycles. The Balaban J connectivity index is 1.70. The number of ether oxygens (including phenoxy) is 1. The second-order valence-electron chi connectivity index (χ2n) is 6.54. The number of rotatable bonds is 7. The summed E-state index contributed by atoms with van der Waals surface area (Å²) in [5, 5.41) is 0. The van der Waals surface area contributed by atoms with E-state index in [4.69, 9.17) is 4.74 Å². The van der Waals surface area contributed by atoms with E-state index in [1.54, 1.807) is 0 Å². The first-order chi connectivity index (χ1) is 9.78. The summed E-state index contributed by atoms with van der Waals surface area (Å²) in [5.41, 5.74) is 1.44. The molecular weight excluding hydrogens is 244 g/mol. The van der Waals surface area contributed by atoms with Crippen molar-refractivity contribution in [2.75, 3.05) is 6.61 Å². The molecule has 1 aliphatic carbocycles. The number of hydrogen-bond donors (Lipinski definition) is 0. The minimum Gasteiger partial charge on any atom is -0.493 e. The zero-order valence-electron chi connectivity index (χ0n) is 13.2. The molecule has 1 nitrogen and oxygen atoms in total. The first-order valence-corrected chi connectivity index (χ1v) is 8.49. The Morgan fingerprint density at radius 3 is 2.35 bits per heavy atom. The Morgan fingerprint density at radius 1 is 1.00 bits per heavy atom. The minimum absolute atomic E-state index is 0.774. The number of aryl methyl sites for hydroxylation is 1.